The molecular formula is C13H13F2NO2. The monoisotopic (exact) mass is 253 g/mol. The first-order valence-corrected chi connectivity index (χ1v) is 5.51. The number of fused-ring (bicyclic) bond motifs is 1. The van der Waals surface area contributed by atoms with Crippen LogP contribution in [-0.2, 0) is 4.79 Å². The van der Waals surface area contributed by atoms with Crippen molar-refractivity contribution >= 4 is 11.5 Å². The van der Waals surface area contributed by atoms with E-state index in [0.29, 0.717) is 11.3 Å². The Balaban J connectivity index is 2.56. The Morgan fingerprint density at radius 3 is 2.61 bits per heavy atom. The number of hydrogen-bond acceptors (Lipinski definition) is 2. The fourth-order valence-electron chi connectivity index (χ4n) is 1.86. The lowest BCUT2D eigenvalue weighted by atomic mass is 9.93. The van der Waals surface area contributed by atoms with Gasteiger partial charge in [0.2, 0.25) is 0 Å². The minimum absolute atomic E-state index is 0.231. The summed E-state index contributed by atoms with van der Waals surface area (Å²) in [6.07, 6.45) is 1.22. The predicted octanol–water partition coefficient (Wildman–Crippen LogP) is 1.89. The maximum atomic E-state index is 13.0. The second kappa shape index (κ2) is 4.76. The number of amides is 1. The van der Waals surface area contributed by atoms with Crippen molar-refractivity contribution in [2.75, 3.05) is 20.4 Å². The van der Waals surface area contributed by atoms with Crippen molar-refractivity contribution in [3.05, 3.63) is 35.9 Å². The highest BCUT2D eigenvalue weighted by atomic mass is 19.1. The topological polar surface area (TPSA) is 38.3 Å². The van der Waals surface area contributed by atoms with Gasteiger partial charge in [-0.05, 0) is 12.1 Å². The van der Waals surface area contributed by atoms with Crippen LogP contribution in [-0.4, -0.2) is 31.9 Å². The molecule has 0 bridgehead atoms. The number of hydrogen-bond donors (Lipinski definition) is 1. The standard InChI is InChI=1S/C13H13F2NO2/c1-16-12(17)10-6-13(7-14,8-15)18-11-5-3-2-4-9(10)11/h2-6H,7-8H2,1H3,(H,16,17). The fourth-order valence-corrected chi connectivity index (χ4v) is 1.86. The molecule has 1 heterocycles. The van der Waals surface area contributed by atoms with Crippen molar-refractivity contribution in [2.24, 2.45) is 0 Å². The van der Waals surface area contributed by atoms with E-state index in [4.69, 9.17) is 4.74 Å². The Morgan fingerprint density at radius 2 is 2.00 bits per heavy atom. The van der Waals surface area contributed by atoms with Gasteiger partial charge in [-0.15, -0.1) is 0 Å². The highest BCUT2D eigenvalue weighted by molar-refractivity contribution is 6.20. The van der Waals surface area contributed by atoms with E-state index < -0.39 is 24.9 Å². The molecule has 0 saturated carbocycles. The summed E-state index contributed by atoms with van der Waals surface area (Å²) < 4.78 is 31.4. The summed E-state index contributed by atoms with van der Waals surface area (Å²) in [7, 11) is 1.47. The van der Waals surface area contributed by atoms with Gasteiger partial charge in [0.05, 0.1) is 5.57 Å². The van der Waals surface area contributed by atoms with Gasteiger partial charge < -0.3 is 10.1 Å². The third kappa shape index (κ3) is 1.96. The Morgan fingerprint density at radius 1 is 1.33 bits per heavy atom. The van der Waals surface area contributed by atoms with E-state index in [2.05, 4.69) is 5.32 Å². The van der Waals surface area contributed by atoms with Gasteiger partial charge >= 0.3 is 0 Å². The van der Waals surface area contributed by atoms with Crippen LogP contribution in [0.4, 0.5) is 8.78 Å². The maximum absolute atomic E-state index is 13.0. The van der Waals surface area contributed by atoms with Crippen LogP contribution in [0.25, 0.3) is 5.57 Å². The molecule has 1 aromatic carbocycles. The first-order valence-electron chi connectivity index (χ1n) is 5.51. The highest BCUT2D eigenvalue weighted by Crippen LogP contribution is 2.36. The molecule has 1 aliphatic heterocycles. The van der Waals surface area contributed by atoms with E-state index in [1.807, 2.05) is 0 Å². The lowest BCUT2D eigenvalue weighted by molar-refractivity contribution is -0.115. The largest absolute Gasteiger partial charge is 0.477 e. The molecule has 5 heteroatoms. The van der Waals surface area contributed by atoms with Crippen LogP contribution in [0.15, 0.2) is 30.3 Å². The SMILES string of the molecule is CNC(=O)C1=CC(CF)(CF)Oc2ccccc21. The van der Waals surface area contributed by atoms with Gasteiger partial charge in [0.25, 0.3) is 5.91 Å². The number of para-hydroxylation sites is 1. The van der Waals surface area contributed by atoms with Gasteiger partial charge in [-0.3, -0.25) is 4.79 Å². The summed E-state index contributed by atoms with van der Waals surface area (Å²) in [5.74, 6) is -0.0778. The van der Waals surface area contributed by atoms with Crippen LogP contribution >= 0.6 is 0 Å². The number of nitrogens with one attached hydrogen (secondary N) is 1. The second-order valence-corrected chi connectivity index (χ2v) is 4.07. The van der Waals surface area contributed by atoms with Crippen LogP contribution in [0.5, 0.6) is 5.75 Å². The quantitative estimate of drug-likeness (QED) is 0.893. The van der Waals surface area contributed by atoms with Crippen molar-refractivity contribution in [3.8, 4) is 5.75 Å². The van der Waals surface area contributed by atoms with Crippen molar-refractivity contribution < 1.29 is 18.3 Å². The van der Waals surface area contributed by atoms with Gasteiger partial charge in [-0.2, -0.15) is 0 Å². The van der Waals surface area contributed by atoms with Gasteiger partial charge in [0.1, 0.15) is 19.1 Å². The number of likely N-dealkylation sites (N-methyl/N-ethyl adjacent to an activating group) is 1. The normalized spacial score (nSPS) is 16.3. The van der Waals surface area contributed by atoms with E-state index in [1.165, 1.54) is 13.1 Å². The van der Waals surface area contributed by atoms with Gasteiger partial charge in [-0.25, -0.2) is 8.78 Å². The van der Waals surface area contributed by atoms with Crippen molar-refractivity contribution in [1.82, 2.24) is 5.32 Å². The van der Waals surface area contributed by atoms with Crippen LogP contribution in [0.3, 0.4) is 0 Å². The number of benzene rings is 1. The molecule has 2 rings (SSSR count). The fraction of sp³-hybridized carbons (Fsp3) is 0.308. The average Bonchev–Trinajstić information content (AvgIpc) is 2.45. The molecule has 0 spiro atoms. The van der Waals surface area contributed by atoms with Gasteiger partial charge in [-0.1, -0.05) is 18.2 Å². The molecule has 0 aliphatic carbocycles. The number of ether oxygens (including phenoxy) is 1. The molecule has 18 heavy (non-hydrogen) atoms. The summed E-state index contributed by atoms with van der Waals surface area (Å²) >= 11 is 0. The molecule has 96 valence electrons. The highest BCUT2D eigenvalue weighted by Gasteiger charge is 2.37. The summed E-state index contributed by atoms with van der Waals surface area (Å²) in [6.45, 7) is -2.06. The first-order chi connectivity index (χ1) is 8.65. The Hall–Kier alpha value is -1.91. The van der Waals surface area contributed by atoms with Crippen molar-refractivity contribution in [2.45, 2.75) is 5.60 Å². The molecule has 0 saturated heterocycles. The van der Waals surface area contributed by atoms with Crippen molar-refractivity contribution in [3.63, 3.8) is 0 Å². The molecule has 1 aromatic rings. The maximum Gasteiger partial charge on any atom is 0.251 e. The smallest absolute Gasteiger partial charge is 0.251 e. The number of halogens is 2. The number of carbonyl (C=O) groups excluding carboxylic acids is 1. The van der Waals surface area contributed by atoms with E-state index in [9.17, 15) is 13.6 Å². The zero-order valence-electron chi connectivity index (χ0n) is 9.87. The summed E-state index contributed by atoms with van der Waals surface area (Å²) in [5, 5.41) is 2.45. The second-order valence-electron chi connectivity index (χ2n) is 4.07. The molecule has 1 N–H and O–H groups in total. The third-order valence-electron chi connectivity index (χ3n) is 2.82. The molecule has 3 nitrogen and oxygen atoms in total. The molecule has 0 atom stereocenters. The molecule has 1 amide bonds. The van der Waals surface area contributed by atoms with Crippen LogP contribution in [0.2, 0.25) is 0 Å². The summed E-state index contributed by atoms with van der Waals surface area (Å²) in [5.41, 5.74) is -0.931. The lowest BCUT2D eigenvalue weighted by Gasteiger charge is -2.32. The minimum Gasteiger partial charge on any atom is -0.477 e. The minimum atomic E-state index is -1.70. The summed E-state index contributed by atoms with van der Waals surface area (Å²) in [4.78, 5) is 11.8. The van der Waals surface area contributed by atoms with E-state index in [0.717, 1.165) is 0 Å². The average molecular weight is 253 g/mol. The molecule has 0 fully saturated rings. The molecule has 0 aromatic heterocycles. The lowest BCUT2D eigenvalue weighted by Crippen LogP contribution is -2.42. The molecular weight excluding hydrogens is 240 g/mol. The zero-order valence-corrected chi connectivity index (χ0v) is 9.87. The third-order valence-corrected chi connectivity index (χ3v) is 2.82. The Bertz CT molecular complexity index is 496. The van der Waals surface area contributed by atoms with Crippen molar-refractivity contribution in [1.29, 1.82) is 0 Å². The van der Waals surface area contributed by atoms with E-state index in [-0.39, 0.29) is 5.57 Å². The number of rotatable bonds is 3. The number of carbonyl (C=O) groups is 1. The van der Waals surface area contributed by atoms with E-state index >= 15 is 0 Å². The molecule has 0 radical (unpaired) electrons. The first kappa shape index (κ1) is 12.5. The number of alkyl halides is 2. The predicted molar refractivity (Wildman–Crippen MR) is 63.8 cm³/mol. The zero-order chi connectivity index (χ0) is 13.2. The Labute approximate surface area is 103 Å². The van der Waals surface area contributed by atoms with Crippen LogP contribution in [0, 0.1) is 0 Å². The van der Waals surface area contributed by atoms with E-state index in [1.54, 1.807) is 24.3 Å². The summed E-state index contributed by atoms with van der Waals surface area (Å²) in [6, 6.07) is 6.69. The molecule has 1 aliphatic rings. The van der Waals surface area contributed by atoms with Gasteiger partial charge in [0, 0.05) is 12.6 Å². The molecule has 0 unspecified atom stereocenters. The van der Waals surface area contributed by atoms with Crippen LogP contribution in [0.1, 0.15) is 5.56 Å². The van der Waals surface area contributed by atoms with Gasteiger partial charge in [0.15, 0.2) is 5.60 Å². The Kier molecular flexibility index (Phi) is 3.32. The van der Waals surface area contributed by atoms with Crippen LogP contribution < -0.4 is 10.1 Å².